The normalized spacial score (nSPS) is 11.3. The molecule has 1 N–H and O–H groups in total. The second-order valence-electron chi connectivity index (χ2n) is 6.94. The molecule has 0 atom stereocenters. The fraction of sp³-hybridized carbons (Fsp3) is 0.182. The number of anilines is 1. The smallest absolute Gasteiger partial charge is 0.191 e. The number of aromatic nitrogens is 3. The van der Waals surface area contributed by atoms with E-state index in [4.69, 9.17) is 18.4 Å². The molecule has 0 saturated carbocycles. The molecule has 2 aromatic carbocycles. The van der Waals surface area contributed by atoms with Crippen molar-refractivity contribution in [2.75, 3.05) is 18.9 Å². The first-order valence-electron chi connectivity index (χ1n) is 9.60. The average Bonchev–Trinajstić information content (AvgIpc) is 3.51. The number of benzene rings is 2. The van der Waals surface area contributed by atoms with Crippen LogP contribution in [0, 0.1) is 6.92 Å². The van der Waals surface area contributed by atoms with Crippen LogP contribution in [0.25, 0.3) is 21.9 Å². The molecule has 3 heterocycles. The standard InChI is InChI=1S/C22H20N4O4S/c1-13-10-15-14(12-26-9-5-8-23-26)11-18-19(20(15)29-13)22(24-30-18)25-31-21-16(27-2)6-4-7-17(21)28-3/h4-11H,12H2,1-3H3,(H,24,25). The highest BCUT2D eigenvalue weighted by Crippen LogP contribution is 2.41. The maximum Gasteiger partial charge on any atom is 0.191 e. The minimum absolute atomic E-state index is 0.568. The van der Waals surface area contributed by atoms with Gasteiger partial charge in [0, 0.05) is 17.8 Å². The molecule has 5 aromatic rings. The summed E-state index contributed by atoms with van der Waals surface area (Å²) in [5.41, 5.74) is 2.41. The van der Waals surface area contributed by atoms with E-state index in [0.717, 1.165) is 32.6 Å². The fourth-order valence-corrected chi connectivity index (χ4v) is 4.42. The van der Waals surface area contributed by atoms with Gasteiger partial charge in [-0.2, -0.15) is 5.10 Å². The first kappa shape index (κ1) is 19.4. The van der Waals surface area contributed by atoms with Crippen LogP contribution in [0.1, 0.15) is 11.3 Å². The first-order chi connectivity index (χ1) is 15.2. The molecule has 0 aliphatic carbocycles. The lowest BCUT2D eigenvalue weighted by Gasteiger charge is -2.12. The number of methoxy groups -OCH3 is 2. The van der Waals surface area contributed by atoms with Crippen molar-refractivity contribution >= 4 is 39.7 Å². The molecular formula is C22H20N4O4S. The molecule has 0 bridgehead atoms. The predicted molar refractivity (Wildman–Crippen MR) is 119 cm³/mol. The lowest BCUT2D eigenvalue weighted by atomic mass is 10.1. The van der Waals surface area contributed by atoms with Crippen LogP contribution >= 0.6 is 11.9 Å². The van der Waals surface area contributed by atoms with Crippen LogP contribution < -0.4 is 14.2 Å². The number of furan rings is 1. The topological polar surface area (TPSA) is 87.5 Å². The second-order valence-corrected chi connectivity index (χ2v) is 7.76. The molecule has 31 heavy (non-hydrogen) atoms. The van der Waals surface area contributed by atoms with Crippen molar-refractivity contribution < 1.29 is 18.4 Å². The molecule has 8 nitrogen and oxygen atoms in total. The average molecular weight is 436 g/mol. The van der Waals surface area contributed by atoms with Gasteiger partial charge >= 0.3 is 0 Å². The number of nitrogens with zero attached hydrogens (tertiary/aromatic N) is 3. The molecule has 0 radical (unpaired) electrons. The van der Waals surface area contributed by atoms with Gasteiger partial charge in [-0.05, 0) is 54.8 Å². The van der Waals surface area contributed by atoms with Gasteiger partial charge < -0.3 is 23.1 Å². The van der Waals surface area contributed by atoms with E-state index in [1.165, 1.54) is 11.9 Å². The zero-order chi connectivity index (χ0) is 21.4. The molecule has 0 spiro atoms. The quantitative estimate of drug-likeness (QED) is 0.346. The Hall–Kier alpha value is -3.59. The van der Waals surface area contributed by atoms with Crippen LogP contribution in [0.2, 0.25) is 0 Å². The number of hydrogen-bond donors (Lipinski definition) is 1. The number of fused-ring (bicyclic) bond motifs is 3. The summed E-state index contributed by atoms with van der Waals surface area (Å²) in [5.74, 6) is 2.78. The third-order valence-electron chi connectivity index (χ3n) is 4.98. The Labute approximate surface area is 182 Å². The Bertz CT molecular complexity index is 1340. The van der Waals surface area contributed by atoms with E-state index in [0.29, 0.717) is 29.4 Å². The van der Waals surface area contributed by atoms with Gasteiger partial charge in [-0.1, -0.05) is 11.2 Å². The van der Waals surface area contributed by atoms with Crippen LogP contribution in [0.5, 0.6) is 11.5 Å². The predicted octanol–water partition coefficient (Wildman–Crippen LogP) is 5.26. The van der Waals surface area contributed by atoms with E-state index in [-0.39, 0.29) is 0 Å². The monoisotopic (exact) mass is 436 g/mol. The van der Waals surface area contributed by atoms with E-state index in [2.05, 4.69) is 15.0 Å². The minimum Gasteiger partial charge on any atom is -0.495 e. The molecule has 0 fully saturated rings. The highest BCUT2D eigenvalue weighted by atomic mass is 32.2. The molecule has 0 saturated heterocycles. The zero-order valence-electron chi connectivity index (χ0n) is 17.2. The van der Waals surface area contributed by atoms with Gasteiger partial charge in [0.05, 0.1) is 20.8 Å². The molecule has 0 unspecified atom stereocenters. The SMILES string of the molecule is COc1cccc(OC)c1SNc1noc2cc(Cn3cccn3)c3cc(C)oc3c12. The zero-order valence-corrected chi connectivity index (χ0v) is 18.0. The van der Waals surface area contributed by atoms with Gasteiger partial charge in [-0.25, -0.2) is 0 Å². The minimum atomic E-state index is 0.568. The van der Waals surface area contributed by atoms with Crippen molar-refractivity contribution in [3.8, 4) is 11.5 Å². The Morgan fingerprint density at radius 2 is 1.94 bits per heavy atom. The van der Waals surface area contributed by atoms with Crippen molar-refractivity contribution in [2.24, 2.45) is 0 Å². The molecule has 0 aliphatic heterocycles. The molecule has 0 amide bonds. The summed E-state index contributed by atoms with van der Waals surface area (Å²) in [6.45, 7) is 2.54. The second kappa shape index (κ2) is 7.92. The first-order valence-corrected chi connectivity index (χ1v) is 10.4. The third-order valence-corrected chi connectivity index (χ3v) is 5.88. The van der Waals surface area contributed by atoms with E-state index < -0.39 is 0 Å². The molecule has 158 valence electrons. The van der Waals surface area contributed by atoms with E-state index >= 15 is 0 Å². The maximum atomic E-state index is 6.05. The lowest BCUT2D eigenvalue weighted by Crippen LogP contribution is -2.00. The highest BCUT2D eigenvalue weighted by Gasteiger charge is 2.20. The van der Waals surface area contributed by atoms with Crippen molar-refractivity contribution in [3.05, 3.63) is 60.1 Å². The van der Waals surface area contributed by atoms with Crippen LogP contribution in [-0.4, -0.2) is 29.2 Å². The van der Waals surface area contributed by atoms with Gasteiger partial charge in [-0.15, -0.1) is 0 Å². The molecule has 9 heteroatoms. The number of hydrogen-bond acceptors (Lipinski definition) is 8. The summed E-state index contributed by atoms with van der Waals surface area (Å²) in [5, 5.41) is 10.3. The summed E-state index contributed by atoms with van der Waals surface area (Å²) >= 11 is 1.34. The Morgan fingerprint density at radius 1 is 1.13 bits per heavy atom. The van der Waals surface area contributed by atoms with Crippen LogP contribution in [-0.2, 0) is 6.54 Å². The summed E-state index contributed by atoms with van der Waals surface area (Å²) < 4.78 is 27.8. The molecular weight excluding hydrogens is 416 g/mol. The van der Waals surface area contributed by atoms with Gasteiger partial charge in [0.2, 0.25) is 0 Å². The number of nitrogens with one attached hydrogen (secondary N) is 1. The number of ether oxygens (including phenoxy) is 2. The van der Waals surface area contributed by atoms with Crippen molar-refractivity contribution in [1.29, 1.82) is 0 Å². The van der Waals surface area contributed by atoms with Gasteiger partial charge in [0.15, 0.2) is 11.4 Å². The Kier molecular flexibility index (Phi) is 4.95. The number of aryl methyl sites for hydroxylation is 1. The summed E-state index contributed by atoms with van der Waals surface area (Å²) in [7, 11) is 3.25. The van der Waals surface area contributed by atoms with Crippen molar-refractivity contribution in [1.82, 2.24) is 14.9 Å². The maximum absolute atomic E-state index is 6.05. The van der Waals surface area contributed by atoms with Crippen LogP contribution in [0.15, 0.2) is 62.6 Å². The van der Waals surface area contributed by atoms with E-state index in [9.17, 15) is 0 Å². The van der Waals surface area contributed by atoms with E-state index in [1.54, 1.807) is 20.4 Å². The Balaban J connectivity index is 1.55. The lowest BCUT2D eigenvalue weighted by molar-refractivity contribution is 0.376. The fourth-order valence-electron chi connectivity index (χ4n) is 3.58. The molecule has 0 aliphatic rings. The van der Waals surface area contributed by atoms with Crippen molar-refractivity contribution in [3.63, 3.8) is 0 Å². The van der Waals surface area contributed by atoms with Gasteiger partial charge in [0.1, 0.15) is 33.1 Å². The molecule has 5 rings (SSSR count). The third kappa shape index (κ3) is 3.46. The van der Waals surface area contributed by atoms with Crippen LogP contribution in [0.3, 0.4) is 0 Å². The summed E-state index contributed by atoms with van der Waals surface area (Å²) in [6.07, 6.45) is 3.68. The van der Waals surface area contributed by atoms with Gasteiger partial charge in [-0.3, -0.25) is 4.68 Å². The largest absolute Gasteiger partial charge is 0.495 e. The Morgan fingerprint density at radius 3 is 2.65 bits per heavy atom. The number of rotatable bonds is 7. The van der Waals surface area contributed by atoms with Crippen molar-refractivity contribution in [2.45, 2.75) is 18.4 Å². The van der Waals surface area contributed by atoms with Gasteiger partial charge in [0.25, 0.3) is 0 Å². The summed E-state index contributed by atoms with van der Waals surface area (Å²) in [4.78, 5) is 0.811. The van der Waals surface area contributed by atoms with Crippen LogP contribution in [0.4, 0.5) is 5.82 Å². The summed E-state index contributed by atoms with van der Waals surface area (Å²) in [6, 6.07) is 11.5. The van der Waals surface area contributed by atoms with E-state index in [1.807, 2.05) is 54.2 Å². The molecule has 3 aromatic heterocycles. The highest BCUT2D eigenvalue weighted by molar-refractivity contribution is 8.00.